The zero-order valence-electron chi connectivity index (χ0n) is 34.5. The summed E-state index contributed by atoms with van der Waals surface area (Å²) < 4.78 is 44.8. The van der Waals surface area contributed by atoms with Crippen LogP contribution in [0.4, 0.5) is 8.78 Å². The van der Waals surface area contributed by atoms with E-state index in [0.717, 1.165) is 0 Å². The molecule has 0 spiro atoms. The Kier molecular flexibility index (Phi) is 13.5. The van der Waals surface area contributed by atoms with Crippen LogP contribution in [0.5, 0.6) is 5.75 Å². The number of hydrogen-bond donors (Lipinski definition) is 5. The fourth-order valence-electron chi connectivity index (χ4n) is 7.87. The molecule has 1 saturated heterocycles. The summed E-state index contributed by atoms with van der Waals surface area (Å²) in [6.45, 7) is 7.26. The lowest BCUT2D eigenvalue weighted by Crippen LogP contribution is -2.53. The molecular weight excluding hydrogens is 909 g/mol. The molecule has 0 aliphatic carbocycles. The predicted octanol–water partition coefficient (Wildman–Crippen LogP) is 5.52. The molecule has 2 amide bonds. The van der Waals surface area contributed by atoms with E-state index in [-0.39, 0.29) is 56.3 Å². The van der Waals surface area contributed by atoms with E-state index in [4.69, 9.17) is 18.7 Å². The monoisotopic (exact) mass is 958 g/mol. The highest BCUT2D eigenvalue weighted by Gasteiger charge is 2.41. The van der Waals surface area contributed by atoms with Crippen molar-refractivity contribution in [2.45, 2.75) is 82.2 Å². The van der Waals surface area contributed by atoms with Gasteiger partial charge in [0.2, 0.25) is 18.2 Å². The van der Waals surface area contributed by atoms with Crippen LogP contribution < -0.4 is 21.2 Å². The number of H-pyrrole nitrogens is 2. The largest absolute Gasteiger partial charge is 0.488 e. The summed E-state index contributed by atoms with van der Waals surface area (Å²) in [5.74, 6) is 0.289. The number of rotatable bonds is 16. The molecule has 7 rings (SSSR count). The molecule has 0 radical (unpaired) electrons. The Hall–Kier alpha value is -4.80. The first-order chi connectivity index (χ1) is 29.2. The van der Waals surface area contributed by atoms with Gasteiger partial charge < -0.3 is 43.6 Å². The van der Waals surface area contributed by atoms with E-state index in [9.17, 15) is 28.3 Å². The Morgan fingerprint density at radius 3 is 2.46 bits per heavy atom. The van der Waals surface area contributed by atoms with Gasteiger partial charge >= 0.3 is 5.63 Å². The fourth-order valence-corrected chi connectivity index (χ4v) is 8.35. The van der Waals surface area contributed by atoms with Crippen molar-refractivity contribution in [3.63, 3.8) is 0 Å². The van der Waals surface area contributed by atoms with E-state index in [1.54, 1.807) is 53.2 Å². The van der Waals surface area contributed by atoms with Gasteiger partial charge in [-0.05, 0) is 52.6 Å². The standard InChI is InChI=1S/C42H49F2IN8O8/c1-20(2)36(50-42(57)58-5)40(55)53-16-24(43)13-30(53)38-47-15-29(49-38)22-8-10-26-31(11-22)60-19-27-25-9-7-23(12-32(25)61-41(56)35(26)27)28-14-46-34(48-28)18-52(17-33(44)45)39(54)37(21(3)4)51-59-6/h7-12,14-15,20-21,24,30,33,36-37,42,50-51,57H,13,16-19H2,1-6H3,(H,46,48)(H,47,49)/t24-,30+,33-,36+,37+,42?/m1/s1. The number of fused-ring (bicyclic) bond motifs is 5. The van der Waals surface area contributed by atoms with E-state index in [2.05, 4.69) is 30.7 Å². The third-order valence-corrected chi connectivity index (χ3v) is 11.4. The molecule has 5 N–H and O–H groups in total. The Balaban J connectivity index is 1.10. The first kappa shape index (κ1) is 44.3. The van der Waals surface area contributed by atoms with Gasteiger partial charge in [-0.25, -0.2) is 23.5 Å². The molecule has 1 fully saturated rings. The molecule has 16 nitrogen and oxygen atoms in total. The van der Waals surface area contributed by atoms with Gasteiger partial charge in [-0.2, -0.15) is 5.48 Å². The molecule has 0 bridgehead atoms. The minimum Gasteiger partial charge on any atom is -0.488 e. The molecule has 0 saturated carbocycles. The number of likely N-dealkylation sites (tertiary alicyclic amines) is 1. The van der Waals surface area contributed by atoms with E-state index in [1.807, 2.05) is 45.9 Å². The van der Waals surface area contributed by atoms with E-state index >= 15 is 0 Å². The van der Waals surface area contributed by atoms with Crippen LogP contribution >= 0.6 is 22.6 Å². The molecule has 2 aromatic carbocycles. The number of alkyl halides is 3. The average Bonchev–Trinajstić information content (AvgIpc) is 4.00. The van der Waals surface area contributed by atoms with Gasteiger partial charge in [0.25, 0.3) is 0 Å². The first-order valence-electron chi connectivity index (χ1n) is 19.9. The number of imidazole rings is 2. The summed E-state index contributed by atoms with van der Waals surface area (Å²) in [6, 6.07) is 8.67. The number of ether oxygens (including phenoxy) is 2. The number of aromatic amines is 2. The second-order valence-electron chi connectivity index (χ2n) is 15.8. The van der Waals surface area contributed by atoms with E-state index in [0.29, 0.717) is 67.6 Å². The topological polar surface area (TPSA) is 200 Å². The summed E-state index contributed by atoms with van der Waals surface area (Å²) in [5.41, 5.74) is 6.73. The maximum Gasteiger partial charge on any atom is 0.344 e. The average molecular weight is 959 g/mol. The number of nitrogens with one attached hydrogen (secondary N) is 4. The number of carbonyl (C=O) groups excluding carboxylic acids is 2. The Morgan fingerprint density at radius 1 is 1.05 bits per heavy atom. The highest BCUT2D eigenvalue weighted by molar-refractivity contribution is 14.1. The van der Waals surface area contributed by atoms with Crippen LogP contribution in [0.2, 0.25) is 0 Å². The van der Waals surface area contributed by atoms with Gasteiger partial charge in [0, 0.05) is 41.2 Å². The molecule has 5 heterocycles. The van der Waals surface area contributed by atoms with Crippen molar-refractivity contribution in [3.8, 4) is 39.4 Å². The number of hydrogen-bond acceptors (Lipinski definition) is 12. The van der Waals surface area contributed by atoms with Crippen molar-refractivity contribution in [2.24, 2.45) is 11.8 Å². The molecule has 6 atom stereocenters. The minimum absolute atomic E-state index is 0.0333. The van der Waals surface area contributed by atoms with Crippen molar-refractivity contribution in [1.29, 1.82) is 0 Å². The molecule has 2 aliphatic rings. The zero-order valence-corrected chi connectivity index (χ0v) is 36.7. The SMILES string of the molecule is CON[C@H](C(=O)N(Cc1ncc(-c2ccc3c4c(c(=O)oc3c2)-c2ccc(-c3cnc([C@@H]5C[C@@H](F)CN5C(=O)[C@@H](NC(O)OC)C(C)C)[nH]3)cc2OC4)[nH]1)C[C@H](F)I)C(C)C. The molecule has 1 unspecified atom stereocenters. The second kappa shape index (κ2) is 18.7. The van der Waals surface area contributed by atoms with Gasteiger partial charge in [0.15, 0.2) is 4.18 Å². The number of benzene rings is 2. The molecule has 2 aliphatic heterocycles. The Labute approximate surface area is 363 Å². The van der Waals surface area contributed by atoms with Gasteiger partial charge in [-0.15, -0.1) is 0 Å². The van der Waals surface area contributed by atoms with Crippen molar-refractivity contribution >= 4 is 45.4 Å². The van der Waals surface area contributed by atoms with Crippen LogP contribution in [0.3, 0.4) is 0 Å². The van der Waals surface area contributed by atoms with Crippen molar-refractivity contribution < 1.29 is 42.2 Å². The number of methoxy groups -OCH3 is 1. The van der Waals surface area contributed by atoms with E-state index < -0.39 is 40.5 Å². The van der Waals surface area contributed by atoms with Crippen LogP contribution in [0, 0.1) is 11.8 Å². The number of aliphatic hydroxyl groups excluding tert-OH is 1. The molecule has 3 aromatic heterocycles. The summed E-state index contributed by atoms with van der Waals surface area (Å²) in [5, 5.41) is 13.5. The minimum atomic E-state index is -1.36. The van der Waals surface area contributed by atoms with Crippen LogP contribution in [0.15, 0.2) is 58.0 Å². The number of nitrogens with zero attached hydrogens (tertiary/aromatic N) is 4. The van der Waals surface area contributed by atoms with Crippen LogP contribution in [-0.2, 0) is 32.3 Å². The quantitative estimate of drug-likeness (QED) is 0.0274. The third kappa shape index (κ3) is 9.36. The summed E-state index contributed by atoms with van der Waals surface area (Å²) in [4.78, 5) is 64.0. The number of amides is 2. The van der Waals surface area contributed by atoms with Crippen molar-refractivity contribution in [2.75, 3.05) is 27.3 Å². The lowest BCUT2D eigenvalue weighted by atomic mass is 9.94. The fraction of sp³-hybridized carbons (Fsp3) is 0.452. The highest BCUT2D eigenvalue weighted by Crippen LogP contribution is 2.42. The maximum absolute atomic E-state index is 14.9. The zero-order chi connectivity index (χ0) is 43.7. The third-order valence-electron chi connectivity index (χ3n) is 11.0. The van der Waals surface area contributed by atoms with Crippen LogP contribution in [0.25, 0.3) is 44.6 Å². The number of hydroxylamine groups is 1. The molecule has 61 heavy (non-hydrogen) atoms. The maximum atomic E-state index is 14.9. The van der Waals surface area contributed by atoms with E-state index in [1.165, 1.54) is 24.0 Å². The summed E-state index contributed by atoms with van der Waals surface area (Å²) in [7, 11) is 2.73. The molecule has 326 valence electrons. The lowest BCUT2D eigenvalue weighted by Gasteiger charge is -2.31. The van der Waals surface area contributed by atoms with Gasteiger partial charge in [0.05, 0.1) is 68.2 Å². The van der Waals surface area contributed by atoms with Gasteiger partial charge in [0.1, 0.15) is 41.8 Å². The number of aliphatic hydroxyl groups is 1. The number of aromatic nitrogens is 4. The highest BCUT2D eigenvalue weighted by atomic mass is 127. The first-order valence-corrected chi connectivity index (χ1v) is 21.1. The number of halogens is 3. The number of carbonyl (C=O) groups is 2. The molecule has 5 aromatic rings. The Morgan fingerprint density at radius 2 is 1.75 bits per heavy atom. The van der Waals surface area contributed by atoms with Crippen molar-refractivity contribution in [1.82, 2.24) is 40.5 Å². The molecule has 19 heteroatoms. The smallest absolute Gasteiger partial charge is 0.344 e. The summed E-state index contributed by atoms with van der Waals surface area (Å²) in [6.07, 6.45) is 0.657. The lowest BCUT2D eigenvalue weighted by molar-refractivity contribution is -0.145. The van der Waals surface area contributed by atoms with Crippen LogP contribution in [0.1, 0.15) is 57.4 Å². The second-order valence-corrected chi connectivity index (χ2v) is 17.2. The van der Waals surface area contributed by atoms with Gasteiger partial charge in [-0.1, -0.05) is 45.9 Å². The Bertz CT molecular complexity index is 2440. The van der Waals surface area contributed by atoms with Crippen molar-refractivity contribution in [3.05, 3.63) is 76.4 Å². The predicted molar refractivity (Wildman–Crippen MR) is 229 cm³/mol. The molecular formula is C42H49F2IN8O8. The van der Waals surface area contributed by atoms with Gasteiger partial charge in [-0.3, -0.25) is 14.9 Å². The van der Waals surface area contributed by atoms with Crippen LogP contribution in [-0.4, -0.2) is 103 Å². The summed E-state index contributed by atoms with van der Waals surface area (Å²) >= 11 is 1.63. The normalized spacial score (nSPS) is 18.2.